The normalized spacial score (nSPS) is 34.8. The summed E-state index contributed by atoms with van der Waals surface area (Å²) in [5.74, 6) is 3.11. The molecule has 0 radical (unpaired) electrons. The molecular formula is C13H26. The highest BCUT2D eigenvalue weighted by molar-refractivity contribution is 4.76. The molecule has 13 heavy (non-hydrogen) atoms. The molecule has 0 aromatic carbocycles. The maximum Gasteiger partial charge on any atom is -0.0391 e. The molecule has 0 spiro atoms. The third kappa shape index (κ3) is 3.32. The molecule has 1 saturated carbocycles. The van der Waals surface area contributed by atoms with Gasteiger partial charge in [-0.25, -0.2) is 0 Å². The van der Waals surface area contributed by atoms with Gasteiger partial charge in [-0.3, -0.25) is 0 Å². The van der Waals surface area contributed by atoms with Gasteiger partial charge in [0.2, 0.25) is 0 Å². The van der Waals surface area contributed by atoms with Gasteiger partial charge in [-0.2, -0.15) is 0 Å². The summed E-state index contributed by atoms with van der Waals surface area (Å²) in [5, 5.41) is 0. The maximum absolute atomic E-state index is 2.46. The van der Waals surface area contributed by atoms with Crippen molar-refractivity contribution in [1.29, 1.82) is 0 Å². The first-order valence-electron chi connectivity index (χ1n) is 6.27. The average molecular weight is 182 g/mol. The molecule has 0 saturated heterocycles. The first-order chi connectivity index (χ1) is 6.27. The van der Waals surface area contributed by atoms with E-state index < -0.39 is 0 Å². The zero-order valence-electron chi connectivity index (χ0n) is 9.68. The highest BCUT2D eigenvalue weighted by atomic mass is 14.3. The van der Waals surface area contributed by atoms with E-state index in [2.05, 4.69) is 20.8 Å². The maximum atomic E-state index is 2.46. The lowest BCUT2D eigenvalue weighted by molar-refractivity contribution is 0.180. The van der Waals surface area contributed by atoms with E-state index in [4.69, 9.17) is 0 Å². The van der Waals surface area contributed by atoms with Crippen LogP contribution in [0.1, 0.15) is 65.7 Å². The molecule has 1 rings (SSSR count). The Bertz CT molecular complexity index is 128. The molecule has 0 heterocycles. The van der Waals surface area contributed by atoms with Crippen LogP contribution in [-0.2, 0) is 0 Å². The quantitative estimate of drug-likeness (QED) is 0.594. The average Bonchev–Trinajstić information content (AvgIpc) is 2.15. The van der Waals surface area contributed by atoms with Gasteiger partial charge in [0.05, 0.1) is 0 Å². The lowest BCUT2D eigenvalue weighted by atomic mass is 9.72. The van der Waals surface area contributed by atoms with Crippen LogP contribution < -0.4 is 0 Å². The number of hydrogen-bond acceptors (Lipinski definition) is 0. The Morgan fingerprint density at radius 1 is 1.15 bits per heavy atom. The van der Waals surface area contributed by atoms with Crippen LogP contribution in [0.15, 0.2) is 0 Å². The van der Waals surface area contributed by atoms with Crippen molar-refractivity contribution < 1.29 is 0 Å². The van der Waals surface area contributed by atoms with E-state index in [-0.39, 0.29) is 0 Å². The summed E-state index contributed by atoms with van der Waals surface area (Å²) in [6, 6.07) is 0. The highest BCUT2D eigenvalue weighted by Gasteiger charge is 2.25. The molecule has 0 N–H and O–H groups in total. The van der Waals surface area contributed by atoms with Crippen LogP contribution in [-0.4, -0.2) is 0 Å². The lowest BCUT2D eigenvalue weighted by Crippen LogP contribution is -2.22. The second-order valence-electron chi connectivity index (χ2n) is 4.97. The second-order valence-corrected chi connectivity index (χ2v) is 4.97. The lowest BCUT2D eigenvalue weighted by Gasteiger charge is -2.33. The van der Waals surface area contributed by atoms with Crippen molar-refractivity contribution in [3.05, 3.63) is 0 Å². The Kier molecular flexibility index (Phi) is 4.83. The fraction of sp³-hybridized carbons (Fsp3) is 1.00. The fourth-order valence-corrected chi connectivity index (χ4v) is 2.93. The molecule has 0 aromatic rings. The minimum absolute atomic E-state index is 1.00. The Balaban J connectivity index is 2.24. The van der Waals surface area contributed by atoms with Gasteiger partial charge in [-0.1, -0.05) is 52.9 Å². The molecule has 1 fully saturated rings. The van der Waals surface area contributed by atoms with Crippen molar-refractivity contribution in [2.75, 3.05) is 0 Å². The monoisotopic (exact) mass is 182 g/mol. The number of hydrogen-bond donors (Lipinski definition) is 0. The Hall–Kier alpha value is 0. The Labute approximate surface area is 84.1 Å². The molecule has 0 bridgehead atoms. The van der Waals surface area contributed by atoms with Crippen LogP contribution in [0.5, 0.6) is 0 Å². The SMILES string of the molecule is CCCCC1CCC(CC)C(C)C1. The summed E-state index contributed by atoms with van der Waals surface area (Å²) in [6.07, 6.45) is 10.3. The zero-order valence-corrected chi connectivity index (χ0v) is 9.68. The highest BCUT2D eigenvalue weighted by Crippen LogP contribution is 2.37. The van der Waals surface area contributed by atoms with Crippen molar-refractivity contribution in [3.63, 3.8) is 0 Å². The number of unbranched alkanes of at least 4 members (excludes halogenated alkanes) is 1. The summed E-state index contributed by atoms with van der Waals surface area (Å²) < 4.78 is 0. The van der Waals surface area contributed by atoms with Crippen LogP contribution in [0.2, 0.25) is 0 Å². The summed E-state index contributed by atoms with van der Waals surface area (Å²) in [4.78, 5) is 0. The van der Waals surface area contributed by atoms with Crippen LogP contribution in [0.25, 0.3) is 0 Å². The minimum Gasteiger partial charge on any atom is -0.0654 e. The molecular weight excluding hydrogens is 156 g/mol. The molecule has 1 aliphatic carbocycles. The molecule has 3 atom stereocenters. The van der Waals surface area contributed by atoms with E-state index in [9.17, 15) is 0 Å². The smallest absolute Gasteiger partial charge is 0.0391 e. The summed E-state index contributed by atoms with van der Waals surface area (Å²) in [7, 11) is 0. The first kappa shape index (κ1) is 11.1. The van der Waals surface area contributed by atoms with Gasteiger partial charge in [0.1, 0.15) is 0 Å². The molecule has 0 amide bonds. The topological polar surface area (TPSA) is 0 Å². The predicted molar refractivity (Wildman–Crippen MR) is 59.8 cm³/mol. The van der Waals surface area contributed by atoms with E-state index >= 15 is 0 Å². The fourth-order valence-electron chi connectivity index (χ4n) is 2.93. The van der Waals surface area contributed by atoms with Gasteiger partial charge < -0.3 is 0 Å². The summed E-state index contributed by atoms with van der Waals surface area (Å²) in [5.41, 5.74) is 0. The van der Waals surface area contributed by atoms with Crippen molar-refractivity contribution in [3.8, 4) is 0 Å². The second kappa shape index (κ2) is 5.67. The van der Waals surface area contributed by atoms with Gasteiger partial charge in [0.15, 0.2) is 0 Å². The standard InChI is InChI=1S/C13H26/c1-4-6-7-12-8-9-13(5-2)11(3)10-12/h11-13H,4-10H2,1-3H3. The van der Waals surface area contributed by atoms with Gasteiger partial charge in [0, 0.05) is 0 Å². The van der Waals surface area contributed by atoms with Crippen molar-refractivity contribution in [2.24, 2.45) is 17.8 Å². The molecule has 0 aromatic heterocycles. The minimum atomic E-state index is 1.00. The molecule has 78 valence electrons. The zero-order chi connectivity index (χ0) is 9.68. The van der Waals surface area contributed by atoms with Crippen molar-refractivity contribution in [1.82, 2.24) is 0 Å². The van der Waals surface area contributed by atoms with Crippen LogP contribution in [0, 0.1) is 17.8 Å². The first-order valence-corrected chi connectivity index (χ1v) is 6.27. The number of rotatable bonds is 4. The van der Waals surface area contributed by atoms with E-state index in [1.54, 1.807) is 0 Å². The van der Waals surface area contributed by atoms with Crippen molar-refractivity contribution >= 4 is 0 Å². The molecule has 0 aliphatic heterocycles. The van der Waals surface area contributed by atoms with Crippen LogP contribution in [0.3, 0.4) is 0 Å². The Morgan fingerprint density at radius 2 is 1.92 bits per heavy atom. The van der Waals surface area contributed by atoms with E-state index in [0.717, 1.165) is 17.8 Å². The van der Waals surface area contributed by atoms with Gasteiger partial charge in [-0.15, -0.1) is 0 Å². The van der Waals surface area contributed by atoms with E-state index in [1.807, 2.05) is 0 Å². The van der Waals surface area contributed by atoms with Crippen molar-refractivity contribution in [2.45, 2.75) is 65.7 Å². The van der Waals surface area contributed by atoms with Crippen LogP contribution in [0.4, 0.5) is 0 Å². The largest absolute Gasteiger partial charge is 0.0654 e. The predicted octanol–water partition coefficient (Wildman–Crippen LogP) is 4.64. The van der Waals surface area contributed by atoms with Gasteiger partial charge >= 0.3 is 0 Å². The van der Waals surface area contributed by atoms with Crippen LogP contribution >= 0.6 is 0 Å². The summed E-state index contributed by atoms with van der Waals surface area (Å²) in [6.45, 7) is 7.13. The molecule has 0 heteroatoms. The van der Waals surface area contributed by atoms with Gasteiger partial charge in [0.25, 0.3) is 0 Å². The van der Waals surface area contributed by atoms with Gasteiger partial charge in [-0.05, 0) is 30.6 Å². The van der Waals surface area contributed by atoms with E-state index in [1.165, 1.54) is 44.9 Å². The third-order valence-electron chi connectivity index (χ3n) is 3.95. The molecule has 3 unspecified atom stereocenters. The molecule has 1 aliphatic rings. The third-order valence-corrected chi connectivity index (χ3v) is 3.95. The van der Waals surface area contributed by atoms with E-state index in [0.29, 0.717) is 0 Å². The Morgan fingerprint density at radius 3 is 2.46 bits per heavy atom. The summed E-state index contributed by atoms with van der Waals surface area (Å²) >= 11 is 0. The molecule has 0 nitrogen and oxygen atoms in total.